The van der Waals surface area contributed by atoms with Crippen molar-refractivity contribution in [3.63, 3.8) is 0 Å². The predicted octanol–water partition coefficient (Wildman–Crippen LogP) is 2.15. The molecule has 1 rings (SSSR count). The SMILES string of the molecule is CC(C)(C)c1cncn1CCF. The lowest BCUT2D eigenvalue weighted by atomic mass is 9.93. The molecule has 1 heterocycles. The van der Waals surface area contributed by atoms with Gasteiger partial charge >= 0.3 is 0 Å². The number of halogens is 1. The minimum Gasteiger partial charge on any atom is -0.331 e. The number of hydrogen-bond acceptors (Lipinski definition) is 1. The molecule has 0 atom stereocenters. The lowest BCUT2D eigenvalue weighted by Crippen LogP contribution is -2.17. The van der Waals surface area contributed by atoms with Crippen molar-refractivity contribution >= 4 is 0 Å². The zero-order valence-electron chi connectivity index (χ0n) is 7.84. The third kappa shape index (κ3) is 1.84. The number of alkyl halides is 1. The maximum Gasteiger partial charge on any atom is 0.107 e. The molecule has 0 N–H and O–H groups in total. The van der Waals surface area contributed by atoms with E-state index in [9.17, 15) is 4.39 Å². The van der Waals surface area contributed by atoms with Gasteiger partial charge in [0.05, 0.1) is 12.9 Å². The fraction of sp³-hybridized carbons (Fsp3) is 0.667. The molecule has 0 aliphatic carbocycles. The molecule has 0 aliphatic heterocycles. The predicted molar refractivity (Wildman–Crippen MR) is 46.9 cm³/mol. The van der Waals surface area contributed by atoms with Crippen molar-refractivity contribution in [3.8, 4) is 0 Å². The monoisotopic (exact) mass is 170 g/mol. The van der Waals surface area contributed by atoms with Crippen LogP contribution in [0.15, 0.2) is 12.5 Å². The molecule has 0 saturated heterocycles. The third-order valence-electron chi connectivity index (χ3n) is 1.81. The molecule has 1 aromatic heterocycles. The van der Waals surface area contributed by atoms with Crippen LogP contribution in [0.25, 0.3) is 0 Å². The Labute approximate surface area is 72.4 Å². The zero-order chi connectivity index (χ0) is 9.19. The first-order valence-electron chi connectivity index (χ1n) is 4.12. The van der Waals surface area contributed by atoms with Gasteiger partial charge in [-0.3, -0.25) is 0 Å². The zero-order valence-corrected chi connectivity index (χ0v) is 7.84. The topological polar surface area (TPSA) is 17.8 Å². The molecule has 0 bridgehead atoms. The van der Waals surface area contributed by atoms with Crippen LogP contribution in [0.1, 0.15) is 26.5 Å². The van der Waals surface area contributed by atoms with Crippen LogP contribution >= 0.6 is 0 Å². The summed E-state index contributed by atoms with van der Waals surface area (Å²) in [6, 6.07) is 0. The van der Waals surface area contributed by atoms with Crippen molar-refractivity contribution in [1.82, 2.24) is 9.55 Å². The Morgan fingerprint density at radius 1 is 1.50 bits per heavy atom. The van der Waals surface area contributed by atoms with Crippen molar-refractivity contribution in [2.24, 2.45) is 0 Å². The fourth-order valence-corrected chi connectivity index (χ4v) is 1.21. The number of imidazole rings is 1. The van der Waals surface area contributed by atoms with E-state index in [-0.39, 0.29) is 12.1 Å². The summed E-state index contributed by atoms with van der Waals surface area (Å²) in [5.74, 6) is 0. The first kappa shape index (κ1) is 9.23. The molecule has 0 radical (unpaired) electrons. The van der Waals surface area contributed by atoms with Gasteiger partial charge in [-0.15, -0.1) is 0 Å². The van der Waals surface area contributed by atoms with Gasteiger partial charge in [0, 0.05) is 17.3 Å². The molecule has 12 heavy (non-hydrogen) atoms. The van der Waals surface area contributed by atoms with E-state index in [1.165, 1.54) is 0 Å². The highest BCUT2D eigenvalue weighted by Gasteiger charge is 2.17. The standard InChI is InChI=1S/C9H15FN2/c1-9(2,3)8-6-11-7-12(8)5-4-10/h6-7H,4-5H2,1-3H3. The van der Waals surface area contributed by atoms with E-state index in [1.54, 1.807) is 12.5 Å². The summed E-state index contributed by atoms with van der Waals surface area (Å²) < 4.78 is 13.9. The maximum atomic E-state index is 12.1. The molecular formula is C9H15FN2. The lowest BCUT2D eigenvalue weighted by Gasteiger charge is -2.19. The van der Waals surface area contributed by atoms with Gasteiger partial charge in [-0.05, 0) is 0 Å². The Bertz CT molecular complexity index is 247. The van der Waals surface area contributed by atoms with Gasteiger partial charge in [0.25, 0.3) is 0 Å². The van der Waals surface area contributed by atoms with Crippen LogP contribution in [-0.4, -0.2) is 16.2 Å². The summed E-state index contributed by atoms with van der Waals surface area (Å²) in [4.78, 5) is 4.00. The molecule has 0 amide bonds. The molecule has 0 aliphatic rings. The summed E-state index contributed by atoms with van der Waals surface area (Å²) in [5, 5.41) is 0. The normalized spacial score (nSPS) is 12.0. The van der Waals surface area contributed by atoms with Crippen molar-refractivity contribution in [1.29, 1.82) is 0 Å². The Morgan fingerprint density at radius 3 is 2.67 bits per heavy atom. The second-order valence-electron chi connectivity index (χ2n) is 3.91. The first-order valence-corrected chi connectivity index (χ1v) is 4.12. The van der Waals surface area contributed by atoms with Crippen LogP contribution < -0.4 is 0 Å². The number of hydrogen-bond donors (Lipinski definition) is 0. The van der Waals surface area contributed by atoms with Gasteiger partial charge in [-0.2, -0.15) is 0 Å². The first-order chi connectivity index (χ1) is 5.55. The quantitative estimate of drug-likeness (QED) is 0.665. The van der Waals surface area contributed by atoms with Gasteiger partial charge in [-0.25, -0.2) is 9.37 Å². The molecule has 1 aromatic rings. The highest BCUT2D eigenvalue weighted by Crippen LogP contribution is 2.21. The van der Waals surface area contributed by atoms with Gasteiger partial charge in [0.15, 0.2) is 0 Å². The van der Waals surface area contributed by atoms with E-state index in [0.29, 0.717) is 6.54 Å². The molecule has 0 aromatic carbocycles. The molecule has 0 fully saturated rings. The molecule has 2 nitrogen and oxygen atoms in total. The van der Waals surface area contributed by atoms with Crippen LogP contribution in [0, 0.1) is 0 Å². The van der Waals surface area contributed by atoms with Gasteiger partial charge in [0.1, 0.15) is 6.67 Å². The van der Waals surface area contributed by atoms with Crippen LogP contribution in [-0.2, 0) is 12.0 Å². The van der Waals surface area contributed by atoms with Crippen molar-refractivity contribution in [3.05, 3.63) is 18.2 Å². The van der Waals surface area contributed by atoms with E-state index in [2.05, 4.69) is 25.8 Å². The minimum absolute atomic E-state index is 0.0473. The Balaban J connectivity index is 2.91. The molecule has 3 heteroatoms. The molecular weight excluding hydrogens is 155 g/mol. The van der Waals surface area contributed by atoms with Crippen LogP contribution in [0.4, 0.5) is 4.39 Å². The third-order valence-corrected chi connectivity index (χ3v) is 1.81. The minimum atomic E-state index is -0.334. The average Bonchev–Trinajstić information content (AvgIpc) is 2.34. The van der Waals surface area contributed by atoms with Gasteiger partial charge in [0.2, 0.25) is 0 Å². The Morgan fingerprint density at radius 2 is 2.17 bits per heavy atom. The second kappa shape index (κ2) is 3.25. The molecule has 0 spiro atoms. The van der Waals surface area contributed by atoms with E-state index in [4.69, 9.17) is 0 Å². The average molecular weight is 170 g/mol. The van der Waals surface area contributed by atoms with E-state index in [1.807, 2.05) is 4.57 Å². The molecule has 68 valence electrons. The highest BCUT2D eigenvalue weighted by atomic mass is 19.1. The summed E-state index contributed by atoms with van der Waals surface area (Å²) >= 11 is 0. The van der Waals surface area contributed by atoms with Crippen molar-refractivity contribution < 1.29 is 4.39 Å². The highest BCUT2D eigenvalue weighted by molar-refractivity contribution is 5.10. The lowest BCUT2D eigenvalue weighted by molar-refractivity contribution is 0.423. The van der Waals surface area contributed by atoms with Crippen LogP contribution in [0.3, 0.4) is 0 Å². The van der Waals surface area contributed by atoms with E-state index >= 15 is 0 Å². The van der Waals surface area contributed by atoms with Crippen LogP contribution in [0.5, 0.6) is 0 Å². The second-order valence-corrected chi connectivity index (χ2v) is 3.91. The number of aromatic nitrogens is 2. The Kier molecular flexibility index (Phi) is 2.50. The van der Waals surface area contributed by atoms with E-state index in [0.717, 1.165) is 5.69 Å². The van der Waals surface area contributed by atoms with Crippen molar-refractivity contribution in [2.45, 2.75) is 32.7 Å². The maximum absolute atomic E-state index is 12.1. The summed E-state index contributed by atoms with van der Waals surface area (Å²) in [7, 11) is 0. The summed E-state index contributed by atoms with van der Waals surface area (Å²) in [6.45, 7) is 6.36. The molecule has 0 unspecified atom stereocenters. The number of rotatable bonds is 2. The number of aryl methyl sites for hydroxylation is 1. The van der Waals surface area contributed by atoms with E-state index < -0.39 is 0 Å². The fourth-order valence-electron chi connectivity index (χ4n) is 1.21. The summed E-state index contributed by atoms with van der Waals surface area (Å²) in [6.07, 6.45) is 3.48. The van der Waals surface area contributed by atoms with Crippen LogP contribution in [0.2, 0.25) is 0 Å². The van der Waals surface area contributed by atoms with Gasteiger partial charge in [-0.1, -0.05) is 20.8 Å². The number of nitrogens with zero attached hydrogens (tertiary/aromatic N) is 2. The smallest absolute Gasteiger partial charge is 0.107 e. The van der Waals surface area contributed by atoms with Crippen molar-refractivity contribution in [2.75, 3.05) is 6.67 Å². The Hall–Kier alpha value is -0.860. The molecule has 0 saturated carbocycles. The summed E-state index contributed by atoms with van der Waals surface area (Å²) in [5.41, 5.74) is 1.13. The largest absolute Gasteiger partial charge is 0.331 e. The van der Waals surface area contributed by atoms with Gasteiger partial charge < -0.3 is 4.57 Å².